The highest BCUT2D eigenvalue weighted by atomic mass is 16.6. The lowest BCUT2D eigenvalue weighted by Crippen LogP contribution is -2.22. The third kappa shape index (κ3) is 3.20. The van der Waals surface area contributed by atoms with E-state index in [0.717, 1.165) is 10.6 Å². The number of oxazole rings is 1. The third-order valence-corrected chi connectivity index (χ3v) is 4.30. The summed E-state index contributed by atoms with van der Waals surface area (Å²) < 4.78 is 11.1. The zero-order chi connectivity index (χ0) is 20.6. The molecule has 0 aliphatic heterocycles. The quantitative estimate of drug-likeness (QED) is 0.297. The van der Waals surface area contributed by atoms with Gasteiger partial charge in [0.2, 0.25) is 0 Å². The molecule has 146 valence electrons. The number of nitrogens with zero attached hydrogens (tertiary/aromatic N) is 2. The second-order valence-corrected chi connectivity index (χ2v) is 6.13. The average molecular weight is 387 g/mol. The predicted molar refractivity (Wildman–Crippen MR) is 97.7 cm³/mol. The summed E-state index contributed by atoms with van der Waals surface area (Å²) in [5.74, 6) is -2.00. The standard InChI is InChI=1S/C18H17N3O7/c1-4-27-17(23)16-10(3)19-9(2)15(16)13(22)8-20-12-7-11(21(25)26)5-6-14(12)28-18(20)24/h5-7,19H,4,8H2,1-3H3. The summed E-state index contributed by atoms with van der Waals surface area (Å²) >= 11 is 0. The number of aromatic nitrogens is 2. The minimum absolute atomic E-state index is 0.108. The molecule has 2 heterocycles. The van der Waals surface area contributed by atoms with Crippen molar-refractivity contribution < 1.29 is 23.7 Å². The van der Waals surface area contributed by atoms with Gasteiger partial charge in [-0.05, 0) is 26.8 Å². The fraction of sp³-hybridized carbons (Fsp3) is 0.278. The molecule has 0 aliphatic carbocycles. The maximum atomic E-state index is 12.9. The van der Waals surface area contributed by atoms with E-state index in [1.807, 2.05) is 0 Å². The molecule has 0 bridgehead atoms. The zero-order valence-corrected chi connectivity index (χ0v) is 15.4. The Bertz CT molecular complexity index is 1170. The monoisotopic (exact) mass is 387 g/mol. The van der Waals surface area contributed by atoms with Gasteiger partial charge in [0.15, 0.2) is 11.4 Å². The maximum Gasteiger partial charge on any atom is 0.420 e. The lowest BCUT2D eigenvalue weighted by molar-refractivity contribution is -0.384. The Morgan fingerprint density at radius 3 is 2.57 bits per heavy atom. The van der Waals surface area contributed by atoms with Crippen LogP contribution in [0.1, 0.15) is 39.0 Å². The van der Waals surface area contributed by atoms with Gasteiger partial charge in [0.1, 0.15) is 0 Å². The molecule has 0 saturated heterocycles. The Labute approximate surface area is 157 Å². The minimum Gasteiger partial charge on any atom is -0.462 e. The Hall–Kier alpha value is -3.69. The van der Waals surface area contributed by atoms with Crippen LogP contribution in [0.25, 0.3) is 11.1 Å². The van der Waals surface area contributed by atoms with E-state index in [-0.39, 0.29) is 34.5 Å². The number of ether oxygens (including phenoxy) is 1. The molecule has 0 aliphatic rings. The highest BCUT2D eigenvalue weighted by molar-refractivity contribution is 6.08. The number of esters is 1. The van der Waals surface area contributed by atoms with Crippen molar-refractivity contribution in [2.45, 2.75) is 27.3 Å². The molecule has 0 fully saturated rings. The molecule has 10 heteroatoms. The predicted octanol–water partition coefficient (Wildman–Crippen LogP) is 2.51. The number of non-ortho nitro benzene ring substituents is 1. The van der Waals surface area contributed by atoms with E-state index in [1.165, 1.54) is 12.1 Å². The van der Waals surface area contributed by atoms with Crippen LogP contribution in [-0.4, -0.2) is 32.8 Å². The number of ketones is 1. The highest BCUT2D eigenvalue weighted by Crippen LogP contribution is 2.23. The fourth-order valence-corrected chi connectivity index (χ4v) is 3.12. The second kappa shape index (κ2) is 7.14. The van der Waals surface area contributed by atoms with Gasteiger partial charge < -0.3 is 14.1 Å². The summed E-state index contributed by atoms with van der Waals surface area (Å²) in [6.07, 6.45) is 0. The molecular weight excluding hydrogens is 370 g/mol. The Kier molecular flexibility index (Phi) is 4.87. The lowest BCUT2D eigenvalue weighted by Gasteiger charge is -2.06. The first-order valence-corrected chi connectivity index (χ1v) is 8.41. The fourth-order valence-electron chi connectivity index (χ4n) is 3.12. The molecule has 2 aromatic heterocycles. The number of fused-ring (bicyclic) bond motifs is 1. The molecule has 0 saturated carbocycles. The molecule has 28 heavy (non-hydrogen) atoms. The van der Waals surface area contributed by atoms with Gasteiger partial charge in [-0.25, -0.2) is 9.59 Å². The summed E-state index contributed by atoms with van der Waals surface area (Å²) in [4.78, 5) is 50.7. The van der Waals surface area contributed by atoms with Gasteiger partial charge in [-0.3, -0.25) is 19.5 Å². The van der Waals surface area contributed by atoms with Crippen LogP contribution in [0.15, 0.2) is 27.4 Å². The number of carbonyl (C=O) groups excluding carboxylic acids is 2. The zero-order valence-electron chi connectivity index (χ0n) is 15.4. The molecule has 1 aromatic carbocycles. The third-order valence-electron chi connectivity index (χ3n) is 4.30. The van der Waals surface area contributed by atoms with Crippen LogP contribution in [0, 0.1) is 24.0 Å². The largest absolute Gasteiger partial charge is 0.462 e. The molecule has 0 atom stereocenters. The summed E-state index contributed by atoms with van der Waals surface area (Å²) in [5, 5.41) is 11.0. The van der Waals surface area contributed by atoms with Gasteiger partial charge in [-0.1, -0.05) is 0 Å². The molecule has 3 aromatic rings. The van der Waals surface area contributed by atoms with Crippen LogP contribution >= 0.6 is 0 Å². The smallest absolute Gasteiger partial charge is 0.420 e. The van der Waals surface area contributed by atoms with E-state index in [0.29, 0.717) is 11.4 Å². The SMILES string of the molecule is CCOC(=O)c1c(C)[nH]c(C)c1C(=O)Cn1c(=O)oc2ccc([N+](=O)[O-])cc21. The first kappa shape index (κ1) is 19.1. The Morgan fingerprint density at radius 1 is 1.25 bits per heavy atom. The maximum absolute atomic E-state index is 12.9. The van der Waals surface area contributed by atoms with Crippen LogP contribution in [0.3, 0.4) is 0 Å². The van der Waals surface area contributed by atoms with Crippen molar-refractivity contribution in [3.8, 4) is 0 Å². The number of rotatable bonds is 6. The summed E-state index contributed by atoms with van der Waals surface area (Å²) in [5.41, 5.74) is 1.15. The van der Waals surface area contributed by atoms with Gasteiger partial charge in [0, 0.05) is 23.5 Å². The van der Waals surface area contributed by atoms with E-state index in [4.69, 9.17) is 9.15 Å². The van der Waals surface area contributed by atoms with Gasteiger partial charge in [0.25, 0.3) is 5.69 Å². The first-order chi connectivity index (χ1) is 13.2. The Balaban J connectivity index is 2.06. The second-order valence-electron chi connectivity index (χ2n) is 6.13. The van der Waals surface area contributed by atoms with Crippen molar-refractivity contribution in [2.24, 2.45) is 0 Å². The normalized spacial score (nSPS) is 11.0. The van der Waals surface area contributed by atoms with Gasteiger partial charge in [0.05, 0.1) is 34.7 Å². The van der Waals surface area contributed by atoms with Crippen molar-refractivity contribution >= 4 is 28.5 Å². The summed E-state index contributed by atoms with van der Waals surface area (Å²) in [6.45, 7) is 4.62. The number of nitro groups is 1. The van der Waals surface area contributed by atoms with E-state index < -0.39 is 29.0 Å². The number of aromatic amines is 1. The number of hydrogen-bond donors (Lipinski definition) is 1. The number of nitrogens with one attached hydrogen (secondary N) is 1. The molecule has 1 N–H and O–H groups in total. The van der Waals surface area contributed by atoms with Gasteiger partial charge in [-0.2, -0.15) is 0 Å². The van der Waals surface area contributed by atoms with Crippen molar-refractivity contribution in [1.29, 1.82) is 0 Å². The first-order valence-electron chi connectivity index (χ1n) is 8.41. The van der Waals surface area contributed by atoms with Crippen molar-refractivity contribution in [3.05, 3.63) is 61.4 Å². The van der Waals surface area contributed by atoms with E-state index in [9.17, 15) is 24.5 Å². The summed E-state index contributed by atoms with van der Waals surface area (Å²) in [6, 6.07) is 3.66. The number of nitro benzene ring substituents is 1. The van der Waals surface area contributed by atoms with Gasteiger partial charge >= 0.3 is 11.7 Å². The van der Waals surface area contributed by atoms with Crippen LogP contribution in [0.5, 0.6) is 0 Å². The van der Waals surface area contributed by atoms with Crippen LogP contribution < -0.4 is 5.76 Å². The van der Waals surface area contributed by atoms with Gasteiger partial charge in [-0.15, -0.1) is 0 Å². The number of hydrogen-bond acceptors (Lipinski definition) is 7. The average Bonchev–Trinajstić information content (AvgIpc) is 3.10. The topological polar surface area (TPSA) is 137 Å². The van der Waals surface area contributed by atoms with Crippen LogP contribution in [0.4, 0.5) is 5.69 Å². The number of aryl methyl sites for hydroxylation is 2. The van der Waals surface area contributed by atoms with Crippen molar-refractivity contribution in [1.82, 2.24) is 9.55 Å². The number of benzene rings is 1. The molecular formula is C18H17N3O7. The Morgan fingerprint density at radius 2 is 1.93 bits per heavy atom. The molecule has 10 nitrogen and oxygen atoms in total. The number of H-pyrrole nitrogens is 1. The van der Waals surface area contributed by atoms with Crippen molar-refractivity contribution in [2.75, 3.05) is 6.61 Å². The van der Waals surface area contributed by atoms with E-state index in [2.05, 4.69) is 4.98 Å². The molecule has 3 rings (SSSR count). The van der Waals surface area contributed by atoms with Crippen LogP contribution in [0.2, 0.25) is 0 Å². The number of Topliss-reactive ketones (excluding diaryl/α,β-unsaturated/α-hetero) is 1. The molecule has 0 amide bonds. The molecule has 0 spiro atoms. The number of carbonyl (C=O) groups is 2. The van der Waals surface area contributed by atoms with E-state index in [1.54, 1.807) is 20.8 Å². The minimum atomic E-state index is -0.827. The van der Waals surface area contributed by atoms with Crippen molar-refractivity contribution in [3.63, 3.8) is 0 Å². The van der Waals surface area contributed by atoms with Crippen LogP contribution in [-0.2, 0) is 11.3 Å². The lowest BCUT2D eigenvalue weighted by atomic mass is 10.0. The summed E-state index contributed by atoms with van der Waals surface area (Å²) in [7, 11) is 0. The molecule has 0 unspecified atom stereocenters. The highest BCUT2D eigenvalue weighted by Gasteiger charge is 2.26. The molecule has 0 radical (unpaired) electrons. The van der Waals surface area contributed by atoms with E-state index >= 15 is 0 Å².